The number of anilines is 1. The van der Waals surface area contributed by atoms with Crippen molar-refractivity contribution >= 4 is 15.8 Å². The maximum Gasteiger partial charge on any atom is 1.00 e. The number of hydrogen-bond donors (Lipinski definition) is 1. The Bertz CT molecular complexity index is 723. The zero-order chi connectivity index (χ0) is 22.8. The summed E-state index contributed by atoms with van der Waals surface area (Å²) in [5, 5.41) is 3.08. The second-order valence-corrected chi connectivity index (χ2v) is 9.53. The Kier molecular flexibility index (Phi) is 19.6. The van der Waals surface area contributed by atoms with Crippen molar-refractivity contribution in [3.05, 3.63) is 30.4 Å². The van der Waals surface area contributed by atoms with Gasteiger partial charge in [0.05, 0.1) is 17.7 Å². The number of unbranched alkanes of at least 4 members (excludes halogenated alkanes) is 12. The van der Waals surface area contributed by atoms with Gasteiger partial charge in [0.1, 0.15) is 15.9 Å². The molecular formula is C25H42NNaO4S. The van der Waals surface area contributed by atoms with Crippen LogP contribution in [0.4, 0.5) is 5.69 Å². The second-order valence-electron chi connectivity index (χ2n) is 8.18. The zero-order valence-corrected chi connectivity index (χ0v) is 23.4. The minimum Gasteiger partial charge on any atom is -0.744 e. The zero-order valence-electron chi connectivity index (χ0n) is 20.5. The molecule has 0 amide bonds. The molecule has 0 spiro atoms. The average Bonchev–Trinajstić information content (AvgIpc) is 2.75. The van der Waals surface area contributed by atoms with E-state index in [9.17, 15) is 13.0 Å². The summed E-state index contributed by atoms with van der Waals surface area (Å²) in [7, 11) is -3.10. The number of benzene rings is 1. The van der Waals surface area contributed by atoms with Crippen molar-refractivity contribution in [2.24, 2.45) is 0 Å². The molecule has 0 atom stereocenters. The van der Waals surface area contributed by atoms with Gasteiger partial charge < -0.3 is 14.6 Å². The van der Waals surface area contributed by atoms with Crippen LogP contribution in [0.25, 0.3) is 0 Å². The van der Waals surface area contributed by atoms with Gasteiger partial charge in [0.2, 0.25) is 0 Å². The molecule has 7 heteroatoms. The molecule has 5 nitrogen and oxygen atoms in total. The van der Waals surface area contributed by atoms with E-state index in [0.717, 1.165) is 12.8 Å². The molecule has 0 bridgehead atoms. The summed E-state index contributed by atoms with van der Waals surface area (Å²) in [6.45, 7) is 2.91. The van der Waals surface area contributed by atoms with Crippen LogP contribution in [0.1, 0.15) is 96.8 Å². The number of allylic oxidation sites excluding steroid dienone is 2. The standard InChI is InChI=1S/C25H43NO4S.Na/c1-3-4-5-6-7-8-9-10-11-12-13-14-15-16-17-18-21-26-24-20-19-23(30-2)22-25(24)31(27,28)29;/h10-11,19-20,22,26H,3-9,12-18,21H2,1-2H3,(H,27,28,29);/q;+1/p-1. The van der Waals surface area contributed by atoms with Crippen molar-refractivity contribution in [2.45, 2.75) is 102 Å². The first kappa shape index (κ1) is 31.5. The fourth-order valence-electron chi connectivity index (χ4n) is 3.58. The quantitative estimate of drug-likeness (QED) is 0.141. The van der Waals surface area contributed by atoms with Crippen molar-refractivity contribution in [3.63, 3.8) is 0 Å². The molecule has 0 aliphatic heterocycles. The summed E-state index contributed by atoms with van der Waals surface area (Å²) in [5.74, 6) is 0.359. The third-order valence-corrected chi connectivity index (χ3v) is 6.34. The minimum atomic E-state index is -4.54. The minimum absolute atomic E-state index is 0. The van der Waals surface area contributed by atoms with Crippen LogP contribution in [0.2, 0.25) is 0 Å². The van der Waals surface area contributed by atoms with Gasteiger partial charge in [-0.2, -0.15) is 0 Å². The Morgan fingerprint density at radius 2 is 1.41 bits per heavy atom. The van der Waals surface area contributed by atoms with E-state index in [1.807, 2.05) is 0 Å². The summed E-state index contributed by atoms with van der Waals surface area (Å²) in [6, 6.07) is 4.51. The van der Waals surface area contributed by atoms with Gasteiger partial charge in [0, 0.05) is 6.54 Å². The molecule has 0 saturated heterocycles. The molecule has 1 N–H and O–H groups in total. The molecule has 0 radical (unpaired) electrons. The van der Waals surface area contributed by atoms with E-state index in [4.69, 9.17) is 4.74 Å². The fraction of sp³-hybridized carbons (Fsp3) is 0.680. The van der Waals surface area contributed by atoms with Gasteiger partial charge in [-0.3, -0.25) is 0 Å². The van der Waals surface area contributed by atoms with Crippen molar-refractivity contribution in [3.8, 4) is 5.75 Å². The first-order valence-electron chi connectivity index (χ1n) is 12.0. The molecule has 32 heavy (non-hydrogen) atoms. The number of hydrogen-bond acceptors (Lipinski definition) is 5. The average molecular weight is 476 g/mol. The summed E-state index contributed by atoms with van der Waals surface area (Å²) in [6.07, 6.45) is 22.2. The van der Waals surface area contributed by atoms with Crippen molar-refractivity contribution < 1.29 is 47.3 Å². The summed E-state index contributed by atoms with van der Waals surface area (Å²) < 4.78 is 39.4. The van der Waals surface area contributed by atoms with E-state index in [1.165, 1.54) is 90.2 Å². The number of ether oxygens (including phenoxy) is 1. The van der Waals surface area contributed by atoms with Gasteiger partial charge in [-0.25, -0.2) is 8.42 Å². The predicted octanol–water partition coefficient (Wildman–Crippen LogP) is 4.05. The van der Waals surface area contributed by atoms with Crippen LogP contribution in [0.3, 0.4) is 0 Å². The monoisotopic (exact) mass is 475 g/mol. The summed E-state index contributed by atoms with van der Waals surface area (Å²) >= 11 is 0. The Morgan fingerprint density at radius 1 is 0.875 bits per heavy atom. The Hall–Kier alpha value is -0.530. The van der Waals surface area contributed by atoms with Crippen molar-refractivity contribution in [1.82, 2.24) is 0 Å². The van der Waals surface area contributed by atoms with E-state index in [2.05, 4.69) is 24.4 Å². The van der Waals surface area contributed by atoms with Crippen LogP contribution in [0.15, 0.2) is 35.2 Å². The predicted molar refractivity (Wildman–Crippen MR) is 129 cm³/mol. The maximum absolute atomic E-state index is 11.4. The SMILES string of the molecule is CCCCCCCCC=CCCCCCCCCNc1ccc(OC)cc1S(=O)(=O)[O-].[Na+]. The fourth-order valence-corrected chi connectivity index (χ4v) is 4.25. The van der Waals surface area contributed by atoms with Crippen LogP contribution < -0.4 is 39.6 Å². The van der Waals surface area contributed by atoms with Crippen LogP contribution in [0, 0.1) is 0 Å². The normalized spacial score (nSPS) is 11.5. The molecule has 1 aromatic carbocycles. The van der Waals surface area contributed by atoms with E-state index in [0.29, 0.717) is 18.0 Å². The molecule has 0 unspecified atom stereocenters. The van der Waals surface area contributed by atoms with Gasteiger partial charge in [0.15, 0.2) is 0 Å². The molecule has 0 saturated carbocycles. The number of nitrogens with one attached hydrogen (secondary N) is 1. The smallest absolute Gasteiger partial charge is 0.744 e. The van der Waals surface area contributed by atoms with Gasteiger partial charge in [-0.05, 0) is 50.3 Å². The molecule has 1 aromatic rings. The Labute approximate surface area is 218 Å². The first-order chi connectivity index (χ1) is 15.0. The van der Waals surface area contributed by atoms with E-state index in [-0.39, 0.29) is 34.5 Å². The molecule has 0 aliphatic rings. The van der Waals surface area contributed by atoms with Crippen molar-refractivity contribution in [1.29, 1.82) is 0 Å². The van der Waals surface area contributed by atoms with Crippen LogP contribution in [-0.2, 0) is 10.1 Å². The van der Waals surface area contributed by atoms with Gasteiger partial charge in [-0.1, -0.05) is 76.9 Å². The van der Waals surface area contributed by atoms with E-state index < -0.39 is 10.1 Å². The molecule has 0 heterocycles. The summed E-state index contributed by atoms with van der Waals surface area (Å²) in [4.78, 5) is -0.253. The van der Waals surface area contributed by atoms with Crippen LogP contribution in [0.5, 0.6) is 5.75 Å². The first-order valence-corrected chi connectivity index (χ1v) is 13.4. The Balaban J connectivity index is 0.00000961. The molecular weight excluding hydrogens is 433 g/mol. The largest absolute Gasteiger partial charge is 1.00 e. The molecule has 1 rings (SSSR count). The Morgan fingerprint density at radius 3 is 1.94 bits per heavy atom. The topological polar surface area (TPSA) is 78.5 Å². The molecule has 178 valence electrons. The van der Waals surface area contributed by atoms with Gasteiger partial charge in [0.25, 0.3) is 0 Å². The number of methoxy groups -OCH3 is 1. The van der Waals surface area contributed by atoms with Gasteiger partial charge >= 0.3 is 29.6 Å². The van der Waals surface area contributed by atoms with Gasteiger partial charge in [-0.15, -0.1) is 0 Å². The third kappa shape index (κ3) is 15.3. The third-order valence-electron chi connectivity index (χ3n) is 5.46. The molecule has 0 aliphatic carbocycles. The van der Waals surface area contributed by atoms with E-state index in [1.54, 1.807) is 12.1 Å². The van der Waals surface area contributed by atoms with Crippen LogP contribution >= 0.6 is 0 Å². The molecule has 0 aromatic heterocycles. The number of rotatable bonds is 19. The second kappa shape index (κ2) is 19.9. The summed E-state index contributed by atoms with van der Waals surface area (Å²) in [5.41, 5.74) is 0.351. The van der Waals surface area contributed by atoms with E-state index >= 15 is 0 Å². The molecule has 0 fully saturated rings. The maximum atomic E-state index is 11.4. The van der Waals surface area contributed by atoms with Crippen molar-refractivity contribution in [2.75, 3.05) is 19.0 Å². The van der Waals surface area contributed by atoms with Crippen LogP contribution in [-0.4, -0.2) is 26.6 Å².